The zero-order valence-corrected chi connectivity index (χ0v) is 8.53. The van der Waals surface area contributed by atoms with E-state index >= 15 is 0 Å². The Morgan fingerprint density at radius 1 is 1.14 bits per heavy atom. The molecule has 1 aliphatic rings. The van der Waals surface area contributed by atoms with E-state index in [2.05, 4.69) is 5.32 Å². The van der Waals surface area contributed by atoms with Crippen LogP contribution < -0.4 is 5.32 Å². The van der Waals surface area contributed by atoms with Crippen LogP contribution in [0.4, 0.5) is 13.2 Å². The van der Waals surface area contributed by atoms with Gasteiger partial charge in [0.2, 0.25) is 0 Å². The normalized spacial score (nSPS) is 29.1. The van der Waals surface area contributed by atoms with Crippen LogP contribution in [0.2, 0.25) is 0 Å². The maximum Gasteiger partial charge on any atom is 0.391 e. The molecule has 1 rings (SSSR count). The Bertz CT molecular complexity index is 159. The molecule has 0 bridgehead atoms. The summed E-state index contributed by atoms with van der Waals surface area (Å²) in [7, 11) is 0. The zero-order chi connectivity index (χ0) is 10.6. The highest BCUT2D eigenvalue weighted by atomic mass is 19.4. The summed E-state index contributed by atoms with van der Waals surface area (Å²) in [5, 5.41) is 3.19. The zero-order valence-electron chi connectivity index (χ0n) is 8.53. The summed E-state index contributed by atoms with van der Waals surface area (Å²) in [6, 6.07) is 0. The Kier molecular flexibility index (Phi) is 4.23. The van der Waals surface area contributed by atoms with Crippen molar-refractivity contribution in [1.29, 1.82) is 0 Å². The second kappa shape index (κ2) is 5.01. The highest BCUT2D eigenvalue weighted by Gasteiger charge is 2.41. The molecule has 0 aliphatic heterocycles. The summed E-state index contributed by atoms with van der Waals surface area (Å²) >= 11 is 0. The van der Waals surface area contributed by atoms with Gasteiger partial charge in [0.25, 0.3) is 0 Å². The van der Waals surface area contributed by atoms with E-state index in [1.54, 1.807) is 0 Å². The van der Waals surface area contributed by atoms with Gasteiger partial charge in [-0.05, 0) is 44.7 Å². The molecule has 0 atom stereocenters. The van der Waals surface area contributed by atoms with Gasteiger partial charge in [-0.2, -0.15) is 13.2 Å². The van der Waals surface area contributed by atoms with Gasteiger partial charge < -0.3 is 5.32 Å². The monoisotopic (exact) mass is 209 g/mol. The maximum atomic E-state index is 12.3. The molecule has 0 aromatic heterocycles. The predicted octanol–water partition coefficient (Wildman–Crippen LogP) is 2.96. The van der Waals surface area contributed by atoms with Gasteiger partial charge in [-0.15, -0.1) is 0 Å². The van der Waals surface area contributed by atoms with Crippen LogP contribution in [0.25, 0.3) is 0 Å². The summed E-state index contributed by atoms with van der Waals surface area (Å²) in [4.78, 5) is 0. The Morgan fingerprint density at radius 2 is 1.71 bits per heavy atom. The van der Waals surface area contributed by atoms with E-state index in [-0.39, 0.29) is 0 Å². The van der Waals surface area contributed by atoms with Crippen LogP contribution in [0.5, 0.6) is 0 Å². The van der Waals surface area contributed by atoms with Crippen LogP contribution in [0.1, 0.15) is 32.6 Å². The average molecular weight is 209 g/mol. The van der Waals surface area contributed by atoms with Gasteiger partial charge >= 0.3 is 6.18 Å². The minimum atomic E-state index is -3.97. The molecule has 0 heterocycles. The third-order valence-electron chi connectivity index (χ3n) is 2.99. The quantitative estimate of drug-likeness (QED) is 0.753. The molecule has 0 spiro atoms. The Morgan fingerprint density at radius 3 is 2.14 bits per heavy atom. The van der Waals surface area contributed by atoms with Gasteiger partial charge in [0, 0.05) is 0 Å². The molecule has 1 aliphatic carbocycles. The fourth-order valence-electron chi connectivity index (χ4n) is 2.04. The fraction of sp³-hybridized carbons (Fsp3) is 1.00. The molecular weight excluding hydrogens is 191 g/mol. The lowest BCUT2D eigenvalue weighted by atomic mass is 9.81. The van der Waals surface area contributed by atoms with Crippen LogP contribution in [-0.2, 0) is 0 Å². The SMILES string of the molecule is CCNC[C@H]1CC[C@H](C(F)(F)F)CC1. The van der Waals surface area contributed by atoms with Crippen molar-refractivity contribution in [3.8, 4) is 0 Å². The van der Waals surface area contributed by atoms with E-state index < -0.39 is 12.1 Å². The summed E-state index contributed by atoms with van der Waals surface area (Å²) in [6.45, 7) is 3.79. The average Bonchev–Trinajstić information content (AvgIpc) is 2.14. The first-order chi connectivity index (χ1) is 6.54. The third kappa shape index (κ3) is 3.48. The van der Waals surface area contributed by atoms with Crippen LogP contribution in [0, 0.1) is 11.8 Å². The highest BCUT2D eigenvalue weighted by molar-refractivity contribution is 4.77. The molecule has 1 saturated carbocycles. The highest BCUT2D eigenvalue weighted by Crippen LogP contribution is 2.39. The molecule has 1 N–H and O–H groups in total. The summed E-state index contributed by atoms with van der Waals surface area (Å²) in [5.41, 5.74) is 0. The Balaban J connectivity index is 2.24. The number of rotatable bonds is 3. The van der Waals surface area contributed by atoms with E-state index in [9.17, 15) is 13.2 Å². The van der Waals surface area contributed by atoms with Gasteiger partial charge in [0.1, 0.15) is 0 Å². The predicted molar refractivity (Wildman–Crippen MR) is 50.0 cm³/mol. The summed E-state index contributed by atoms with van der Waals surface area (Å²) in [6.07, 6.45) is -1.89. The first-order valence-corrected chi connectivity index (χ1v) is 5.31. The molecule has 0 aromatic rings. The molecule has 0 saturated heterocycles. The van der Waals surface area contributed by atoms with Crippen molar-refractivity contribution in [2.45, 2.75) is 38.8 Å². The van der Waals surface area contributed by atoms with Crippen molar-refractivity contribution in [3.63, 3.8) is 0 Å². The number of halogens is 3. The Hall–Kier alpha value is -0.250. The van der Waals surface area contributed by atoms with E-state index in [0.29, 0.717) is 18.8 Å². The van der Waals surface area contributed by atoms with Crippen molar-refractivity contribution >= 4 is 0 Å². The molecule has 0 radical (unpaired) electrons. The molecule has 1 fully saturated rings. The fourth-order valence-corrected chi connectivity index (χ4v) is 2.04. The van der Waals surface area contributed by atoms with Crippen molar-refractivity contribution in [2.75, 3.05) is 13.1 Å². The van der Waals surface area contributed by atoms with E-state index in [4.69, 9.17) is 0 Å². The molecule has 1 nitrogen and oxygen atoms in total. The van der Waals surface area contributed by atoms with Gasteiger partial charge in [-0.3, -0.25) is 0 Å². The lowest BCUT2D eigenvalue weighted by molar-refractivity contribution is -0.183. The van der Waals surface area contributed by atoms with Crippen molar-refractivity contribution in [3.05, 3.63) is 0 Å². The maximum absolute atomic E-state index is 12.3. The van der Waals surface area contributed by atoms with Gasteiger partial charge in [-0.1, -0.05) is 6.92 Å². The summed E-state index contributed by atoms with van der Waals surface area (Å²) in [5.74, 6) is -0.589. The van der Waals surface area contributed by atoms with Crippen LogP contribution in [0.3, 0.4) is 0 Å². The largest absolute Gasteiger partial charge is 0.391 e. The molecule has 0 amide bonds. The number of nitrogens with one attached hydrogen (secondary N) is 1. The van der Waals surface area contributed by atoms with E-state index in [1.165, 1.54) is 0 Å². The lowest BCUT2D eigenvalue weighted by Crippen LogP contribution is -2.31. The second-order valence-corrected chi connectivity index (χ2v) is 4.07. The molecule has 14 heavy (non-hydrogen) atoms. The first-order valence-electron chi connectivity index (χ1n) is 5.31. The van der Waals surface area contributed by atoms with Gasteiger partial charge in [0.05, 0.1) is 5.92 Å². The van der Waals surface area contributed by atoms with Gasteiger partial charge in [-0.25, -0.2) is 0 Å². The van der Waals surface area contributed by atoms with E-state index in [1.807, 2.05) is 6.92 Å². The molecule has 0 unspecified atom stereocenters. The van der Waals surface area contributed by atoms with E-state index in [0.717, 1.165) is 25.9 Å². The standard InChI is InChI=1S/C10H18F3N/c1-2-14-7-8-3-5-9(6-4-8)10(11,12)13/h8-9,14H,2-7H2,1H3/t8-,9-. The molecular formula is C10H18F3N. The molecule has 4 heteroatoms. The van der Waals surface area contributed by atoms with Crippen molar-refractivity contribution < 1.29 is 13.2 Å². The number of hydrogen-bond donors (Lipinski definition) is 1. The Labute approximate surface area is 83.1 Å². The topological polar surface area (TPSA) is 12.0 Å². The third-order valence-corrected chi connectivity index (χ3v) is 2.99. The van der Waals surface area contributed by atoms with Crippen molar-refractivity contribution in [2.24, 2.45) is 11.8 Å². The smallest absolute Gasteiger partial charge is 0.317 e. The summed E-state index contributed by atoms with van der Waals surface area (Å²) < 4.78 is 36.9. The number of alkyl halides is 3. The van der Waals surface area contributed by atoms with Crippen LogP contribution >= 0.6 is 0 Å². The molecule has 0 aromatic carbocycles. The minimum absolute atomic E-state index is 0.319. The first kappa shape index (κ1) is 11.8. The lowest BCUT2D eigenvalue weighted by Gasteiger charge is -2.29. The van der Waals surface area contributed by atoms with Crippen LogP contribution in [-0.4, -0.2) is 19.3 Å². The van der Waals surface area contributed by atoms with Gasteiger partial charge in [0.15, 0.2) is 0 Å². The molecule has 84 valence electrons. The number of hydrogen-bond acceptors (Lipinski definition) is 1. The van der Waals surface area contributed by atoms with Crippen LogP contribution in [0.15, 0.2) is 0 Å². The minimum Gasteiger partial charge on any atom is -0.317 e. The van der Waals surface area contributed by atoms with Crippen molar-refractivity contribution in [1.82, 2.24) is 5.32 Å². The second-order valence-electron chi connectivity index (χ2n) is 4.07.